The Bertz CT molecular complexity index is 262. The summed E-state index contributed by atoms with van der Waals surface area (Å²) < 4.78 is 11.4. The van der Waals surface area contributed by atoms with Crippen LogP contribution < -0.4 is 5.32 Å². The van der Waals surface area contributed by atoms with E-state index in [4.69, 9.17) is 9.15 Å². The van der Waals surface area contributed by atoms with Gasteiger partial charge in [0.1, 0.15) is 5.76 Å². The number of methoxy groups -OCH3 is 1. The van der Waals surface area contributed by atoms with Crippen molar-refractivity contribution in [3.63, 3.8) is 0 Å². The first-order chi connectivity index (χ1) is 6.72. The quantitative estimate of drug-likeness (QED) is 0.820. The maximum absolute atomic E-state index is 5.43. The summed E-state index contributed by atoms with van der Waals surface area (Å²) in [5, 5.41) is 3.37. The van der Waals surface area contributed by atoms with E-state index < -0.39 is 0 Å². The standard InChI is InChI=1S/C10H16INO2/c1-8(5-6-13-2)12-7-9-3-4-10(11)14-9/h3-4,8,12H,5-7H2,1-2H3. The number of ether oxygens (including phenoxy) is 1. The molecule has 0 aliphatic carbocycles. The zero-order chi connectivity index (χ0) is 10.4. The van der Waals surface area contributed by atoms with E-state index >= 15 is 0 Å². The molecule has 1 rings (SSSR count). The molecule has 0 saturated heterocycles. The minimum Gasteiger partial charge on any atom is -0.454 e. The first-order valence-corrected chi connectivity index (χ1v) is 5.76. The van der Waals surface area contributed by atoms with Gasteiger partial charge in [0.15, 0.2) is 3.77 Å². The van der Waals surface area contributed by atoms with E-state index in [0.29, 0.717) is 6.04 Å². The van der Waals surface area contributed by atoms with Gasteiger partial charge in [-0.1, -0.05) is 0 Å². The summed E-state index contributed by atoms with van der Waals surface area (Å²) in [6, 6.07) is 4.42. The van der Waals surface area contributed by atoms with Gasteiger partial charge in [-0.25, -0.2) is 0 Å². The largest absolute Gasteiger partial charge is 0.454 e. The van der Waals surface area contributed by atoms with Gasteiger partial charge >= 0.3 is 0 Å². The highest BCUT2D eigenvalue weighted by Crippen LogP contribution is 2.09. The van der Waals surface area contributed by atoms with Crippen LogP contribution in [0.5, 0.6) is 0 Å². The molecule has 0 radical (unpaired) electrons. The van der Waals surface area contributed by atoms with Crippen LogP contribution in [0.1, 0.15) is 19.1 Å². The predicted octanol–water partition coefficient (Wildman–Crippen LogP) is 2.40. The highest BCUT2D eigenvalue weighted by molar-refractivity contribution is 14.1. The number of nitrogens with one attached hydrogen (secondary N) is 1. The Kier molecular flexibility index (Phi) is 5.50. The van der Waals surface area contributed by atoms with Crippen LogP contribution in [-0.2, 0) is 11.3 Å². The Morgan fingerprint density at radius 1 is 1.57 bits per heavy atom. The maximum Gasteiger partial charge on any atom is 0.164 e. The lowest BCUT2D eigenvalue weighted by atomic mass is 10.2. The topological polar surface area (TPSA) is 34.4 Å². The smallest absolute Gasteiger partial charge is 0.164 e. The number of hydrogen-bond acceptors (Lipinski definition) is 3. The Hall–Kier alpha value is -0.0700. The van der Waals surface area contributed by atoms with Gasteiger partial charge in [-0.3, -0.25) is 0 Å². The average molecular weight is 309 g/mol. The van der Waals surface area contributed by atoms with Gasteiger partial charge in [0.05, 0.1) is 6.54 Å². The highest BCUT2D eigenvalue weighted by Gasteiger charge is 2.03. The Labute approximate surface area is 98.3 Å². The number of furan rings is 1. The van der Waals surface area contributed by atoms with Crippen LogP contribution >= 0.6 is 22.6 Å². The Balaban J connectivity index is 2.20. The summed E-state index contributed by atoms with van der Waals surface area (Å²) in [4.78, 5) is 0. The minimum absolute atomic E-state index is 0.456. The van der Waals surface area contributed by atoms with Crippen molar-refractivity contribution in [2.45, 2.75) is 25.9 Å². The van der Waals surface area contributed by atoms with E-state index in [-0.39, 0.29) is 0 Å². The van der Waals surface area contributed by atoms with Crippen molar-refractivity contribution in [3.8, 4) is 0 Å². The predicted molar refractivity (Wildman–Crippen MR) is 64.2 cm³/mol. The summed E-state index contributed by atoms with van der Waals surface area (Å²) in [6.45, 7) is 3.73. The summed E-state index contributed by atoms with van der Waals surface area (Å²) in [5.41, 5.74) is 0. The highest BCUT2D eigenvalue weighted by atomic mass is 127. The van der Waals surface area contributed by atoms with Crippen molar-refractivity contribution < 1.29 is 9.15 Å². The molecule has 0 spiro atoms. The molecule has 1 aromatic heterocycles. The molecule has 0 saturated carbocycles. The molecule has 1 unspecified atom stereocenters. The van der Waals surface area contributed by atoms with Gasteiger partial charge < -0.3 is 14.5 Å². The minimum atomic E-state index is 0.456. The fourth-order valence-corrected chi connectivity index (χ4v) is 1.58. The summed E-state index contributed by atoms with van der Waals surface area (Å²) in [7, 11) is 1.72. The van der Waals surface area contributed by atoms with Crippen LogP contribution in [0.2, 0.25) is 0 Å². The van der Waals surface area contributed by atoms with Crippen molar-refractivity contribution in [1.82, 2.24) is 5.32 Å². The third-order valence-corrected chi connectivity index (χ3v) is 2.59. The first kappa shape index (κ1) is 12.0. The molecule has 1 atom stereocenters. The van der Waals surface area contributed by atoms with Crippen LogP contribution in [-0.4, -0.2) is 19.8 Å². The molecular formula is C10H16INO2. The van der Waals surface area contributed by atoms with Crippen molar-refractivity contribution in [1.29, 1.82) is 0 Å². The van der Waals surface area contributed by atoms with E-state index in [1.807, 2.05) is 12.1 Å². The average Bonchev–Trinajstić information content (AvgIpc) is 2.58. The molecule has 0 amide bonds. The maximum atomic E-state index is 5.43. The van der Waals surface area contributed by atoms with Gasteiger partial charge in [0, 0.05) is 19.8 Å². The second-order valence-corrected chi connectivity index (χ2v) is 4.33. The molecule has 1 heterocycles. The van der Waals surface area contributed by atoms with E-state index in [0.717, 1.165) is 29.1 Å². The van der Waals surface area contributed by atoms with E-state index in [9.17, 15) is 0 Å². The lowest BCUT2D eigenvalue weighted by Crippen LogP contribution is -2.26. The molecule has 0 aliphatic rings. The molecule has 0 bridgehead atoms. The Morgan fingerprint density at radius 2 is 2.36 bits per heavy atom. The summed E-state index contributed by atoms with van der Waals surface area (Å²) in [6.07, 6.45) is 1.02. The fraction of sp³-hybridized carbons (Fsp3) is 0.600. The molecule has 0 aromatic carbocycles. The monoisotopic (exact) mass is 309 g/mol. The second-order valence-electron chi connectivity index (χ2n) is 3.27. The Morgan fingerprint density at radius 3 is 2.93 bits per heavy atom. The SMILES string of the molecule is COCCC(C)NCc1ccc(I)o1. The summed E-state index contributed by atoms with van der Waals surface area (Å²) >= 11 is 2.17. The zero-order valence-corrected chi connectivity index (χ0v) is 10.7. The van der Waals surface area contributed by atoms with Crippen LogP contribution in [0.3, 0.4) is 0 Å². The fourth-order valence-electron chi connectivity index (χ4n) is 1.12. The van der Waals surface area contributed by atoms with Gasteiger partial charge in [0.2, 0.25) is 0 Å². The molecule has 4 heteroatoms. The van der Waals surface area contributed by atoms with Crippen molar-refractivity contribution in [2.24, 2.45) is 0 Å². The van der Waals surface area contributed by atoms with Crippen LogP contribution in [0.15, 0.2) is 16.5 Å². The third-order valence-electron chi connectivity index (χ3n) is 2.01. The van der Waals surface area contributed by atoms with Gasteiger partial charge in [0.25, 0.3) is 0 Å². The lowest BCUT2D eigenvalue weighted by molar-refractivity contribution is 0.184. The number of hydrogen-bond donors (Lipinski definition) is 1. The van der Waals surface area contributed by atoms with Crippen LogP contribution in [0, 0.1) is 3.77 Å². The molecular weight excluding hydrogens is 293 g/mol. The molecule has 80 valence electrons. The van der Waals surface area contributed by atoms with E-state index in [1.165, 1.54) is 0 Å². The van der Waals surface area contributed by atoms with Crippen LogP contribution in [0.25, 0.3) is 0 Å². The van der Waals surface area contributed by atoms with Gasteiger partial charge in [-0.15, -0.1) is 0 Å². The molecule has 14 heavy (non-hydrogen) atoms. The zero-order valence-electron chi connectivity index (χ0n) is 8.55. The van der Waals surface area contributed by atoms with E-state index in [2.05, 4.69) is 34.8 Å². The molecule has 3 nitrogen and oxygen atoms in total. The third kappa shape index (κ3) is 4.43. The summed E-state index contributed by atoms with van der Waals surface area (Å²) in [5.74, 6) is 0.985. The molecule has 1 N–H and O–H groups in total. The van der Waals surface area contributed by atoms with Crippen molar-refractivity contribution >= 4 is 22.6 Å². The second kappa shape index (κ2) is 6.42. The van der Waals surface area contributed by atoms with Crippen LogP contribution in [0.4, 0.5) is 0 Å². The molecule has 0 aliphatic heterocycles. The first-order valence-electron chi connectivity index (χ1n) is 4.69. The number of halogens is 1. The van der Waals surface area contributed by atoms with Crippen molar-refractivity contribution in [3.05, 3.63) is 21.7 Å². The molecule has 0 fully saturated rings. The lowest BCUT2D eigenvalue weighted by Gasteiger charge is -2.11. The van der Waals surface area contributed by atoms with E-state index in [1.54, 1.807) is 7.11 Å². The number of rotatable bonds is 6. The van der Waals surface area contributed by atoms with Gasteiger partial charge in [-0.2, -0.15) is 0 Å². The van der Waals surface area contributed by atoms with Gasteiger partial charge in [-0.05, 0) is 48.1 Å². The van der Waals surface area contributed by atoms with Crippen molar-refractivity contribution in [2.75, 3.05) is 13.7 Å². The normalized spacial score (nSPS) is 13.1. The molecule has 1 aromatic rings.